The molecular formula is C10H5ClN4. The summed E-state index contributed by atoms with van der Waals surface area (Å²) < 4.78 is 0. The van der Waals surface area contributed by atoms with Crippen LogP contribution in [0.3, 0.4) is 0 Å². The van der Waals surface area contributed by atoms with Gasteiger partial charge in [0.2, 0.25) is 0 Å². The van der Waals surface area contributed by atoms with E-state index >= 15 is 0 Å². The molecule has 0 aliphatic heterocycles. The van der Waals surface area contributed by atoms with Crippen molar-refractivity contribution in [1.29, 1.82) is 5.26 Å². The van der Waals surface area contributed by atoms with Gasteiger partial charge >= 0.3 is 0 Å². The largest absolute Gasteiger partial charge is 0.259 e. The van der Waals surface area contributed by atoms with Crippen molar-refractivity contribution in [2.45, 2.75) is 0 Å². The van der Waals surface area contributed by atoms with Gasteiger partial charge in [-0.25, -0.2) is 9.97 Å². The zero-order valence-corrected chi connectivity index (χ0v) is 8.31. The van der Waals surface area contributed by atoms with Crippen LogP contribution < -0.4 is 0 Å². The quantitative estimate of drug-likeness (QED) is 0.732. The van der Waals surface area contributed by atoms with Crippen LogP contribution in [0.15, 0.2) is 30.6 Å². The highest BCUT2D eigenvalue weighted by Gasteiger charge is 2.03. The summed E-state index contributed by atoms with van der Waals surface area (Å²) in [4.78, 5) is 12.0. The van der Waals surface area contributed by atoms with Crippen LogP contribution in [0, 0.1) is 11.3 Å². The van der Waals surface area contributed by atoms with Gasteiger partial charge in [0.25, 0.3) is 0 Å². The van der Waals surface area contributed by atoms with Gasteiger partial charge in [-0.3, -0.25) is 4.98 Å². The average molecular weight is 217 g/mol. The fraction of sp³-hybridized carbons (Fsp3) is 0. The minimum atomic E-state index is 0.302. The van der Waals surface area contributed by atoms with E-state index in [0.717, 1.165) is 0 Å². The van der Waals surface area contributed by atoms with Crippen molar-refractivity contribution in [3.05, 3.63) is 41.4 Å². The number of nitriles is 1. The summed E-state index contributed by atoms with van der Waals surface area (Å²) >= 11 is 5.70. The summed E-state index contributed by atoms with van der Waals surface area (Å²) in [7, 11) is 0. The highest BCUT2D eigenvalue weighted by Crippen LogP contribution is 2.15. The molecule has 0 saturated carbocycles. The number of pyridine rings is 1. The van der Waals surface area contributed by atoms with E-state index in [2.05, 4.69) is 15.0 Å². The van der Waals surface area contributed by atoms with Crippen molar-refractivity contribution >= 4 is 11.6 Å². The van der Waals surface area contributed by atoms with Crippen LogP contribution in [0.4, 0.5) is 0 Å². The molecule has 15 heavy (non-hydrogen) atoms. The molecule has 2 aromatic rings. The number of nitrogens with zero attached hydrogens (tertiary/aromatic N) is 4. The lowest BCUT2D eigenvalue weighted by Crippen LogP contribution is -1.91. The van der Waals surface area contributed by atoms with Crippen LogP contribution in [0.2, 0.25) is 5.15 Å². The second kappa shape index (κ2) is 4.03. The van der Waals surface area contributed by atoms with Crippen molar-refractivity contribution in [3.63, 3.8) is 0 Å². The van der Waals surface area contributed by atoms with Gasteiger partial charge in [-0.2, -0.15) is 5.26 Å². The molecule has 2 heterocycles. The highest BCUT2D eigenvalue weighted by molar-refractivity contribution is 6.29. The second-order valence-electron chi connectivity index (χ2n) is 2.75. The van der Waals surface area contributed by atoms with Crippen LogP contribution in [0.25, 0.3) is 11.4 Å². The molecule has 2 rings (SSSR count). The van der Waals surface area contributed by atoms with Gasteiger partial charge in [0.05, 0.1) is 18.1 Å². The molecule has 0 radical (unpaired) electrons. The van der Waals surface area contributed by atoms with Crippen molar-refractivity contribution in [1.82, 2.24) is 15.0 Å². The Kier molecular flexibility index (Phi) is 2.57. The lowest BCUT2D eigenvalue weighted by atomic mass is 10.2. The van der Waals surface area contributed by atoms with E-state index < -0.39 is 0 Å². The van der Waals surface area contributed by atoms with E-state index in [4.69, 9.17) is 16.9 Å². The molecule has 0 aliphatic rings. The van der Waals surface area contributed by atoms with E-state index in [-0.39, 0.29) is 0 Å². The summed E-state index contributed by atoms with van der Waals surface area (Å²) in [5.41, 5.74) is 1.48. The minimum absolute atomic E-state index is 0.302. The number of hydrogen-bond donors (Lipinski definition) is 0. The third-order valence-corrected chi connectivity index (χ3v) is 1.91. The standard InChI is InChI=1S/C10H5ClN4/c11-10-6-13-5-9(15-10)8-3-1-2-7(4-12)14-8/h1-3,5-6H. The van der Waals surface area contributed by atoms with E-state index in [9.17, 15) is 0 Å². The molecular weight excluding hydrogens is 212 g/mol. The highest BCUT2D eigenvalue weighted by atomic mass is 35.5. The SMILES string of the molecule is N#Cc1cccc(-c2cncc(Cl)n2)n1. The van der Waals surface area contributed by atoms with E-state index in [1.165, 1.54) is 6.20 Å². The van der Waals surface area contributed by atoms with Crippen LogP contribution in [0.1, 0.15) is 5.69 Å². The second-order valence-corrected chi connectivity index (χ2v) is 3.13. The molecule has 0 atom stereocenters. The Labute approximate surface area is 91.2 Å². The third-order valence-electron chi connectivity index (χ3n) is 1.73. The van der Waals surface area contributed by atoms with Gasteiger partial charge in [-0.1, -0.05) is 17.7 Å². The first-order valence-corrected chi connectivity index (χ1v) is 4.52. The monoisotopic (exact) mass is 216 g/mol. The maximum Gasteiger partial charge on any atom is 0.148 e. The summed E-state index contributed by atoms with van der Waals surface area (Å²) in [5, 5.41) is 8.99. The smallest absolute Gasteiger partial charge is 0.148 e. The van der Waals surface area contributed by atoms with Gasteiger partial charge < -0.3 is 0 Å². The predicted molar refractivity (Wildman–Crippen MR) is 55.0 cm³/mol. The zero-order valence-electron chi connectivity index (χ0n) is 7.55. The summed E-state index contributed by atoms with van der Waals surface area (Å²) in [6, 6.07) is 7.08. The maximum atomic E-state index is 8.69. The summed E-state index contributed by atoms with van der Waals surface area (Å²) in [5.74, 6) is 0. The normalized spacial score (nSPS) is 9.60. The molecule has 0 N–H and O–H groups in total. The van der Waals surface area contributed by atoms with Gasteiger partial charge in [0, 0.05) is 0 Å². The van der Waals surface area contributed by atoms with Crippen LogP contribution in [-0.2, 0) is 0 Å². The molecule has 0 spiro atoms. The molecule has 0 aliphatic carbocycles. The Morgan fingerprint density at radius 2 is 2.00 bits per heavy atom. The van der Waals surface area contributed by atoms with Crippen LogP contribution in [0.5, 0.6) is 0 Å². The first kappa shape index (κ1) is 9.56. The first-order valence-electron chi connectivity index (χ1n) is 4.14. The predicted octanol–water partition coefficient (Wildman–Crippen LogP) is 2.06. The molecule has 0 saturated heterocycles. The van der Waals surface area contributed by atoms with Crippen molar-refractivity contribution in [2.75, 3.05) is 0 Å². The molecule has 5 heteroatoms. The first-order chi connectivity index (χ1) is 7.29. The third kappa shape index (κ3) is 2.09. The maximum absolute atomic E-state index is 8.69. The van der Waals surface area contributed by atoms with E-state index in [1.54, 1.807) is 24.4 Å². The van der Waals surface area contributed by atoms with Crippen LogP contribution >= 0.6 is 11.6 Å². The lowest BCUT2D eigenvalue weighted by Gasteiger charge is -1.99. The van der Waals surface area contributed by atoms with Crippen molar-refractivity contribution in [2.24, 2.45) is 0 Å². The Balaban J connectivity index is 2.50. The minimum Gasteiger partial charge on any atom is -0.259 e. The van der Waals surface area contributed by atoms with Gasteiger partial charge in [0.15, 0.2) is 0 Å². The van der Waals surface area contributed by atoms with Gasteiger partial charge in [0.1, 0.15) is 22.6 Å². The summed E-state index contributed by atoms with van der Waals surface area (Å²) in [6.07, 6.45) is 2.99. The number of halogens is 1. The summed E-state index contributed by atoms with van der Waals surface area (Å²) in [6.45, 7) is 0. The molecule has 4 nitrogen and oxygen atoms in total. The Hall–Kier alpha value is -1.99. The van der Waals surface area contributed by atoms with Gasteiger partial charge in [-0.15, -0.1) is 0 Å². The van der Waals surface area contributed by atoms with E-state index in [0.29, 0.717) is 22.2 Å². The van der Waals surface area contributed by atoms with E-state index in [1.807, 2.05) is 6.07 Å². The zero-order chi connectivity index (χ0) is 10.7. The molecule has 0 bridgehead atoms. The fourth-order valence-electron chi connectivity index (χ4n) is 1.11. The number of hydrogen-bond acceptors (Lipinski definition) is 4. The fourth-order valence-corrected chi connectivity index (χ4v) is 1.25. The molecule has 0 unspecified atom stereocenters. The molecule has 0 amide bonds. The molecule has 72 valence electrons. The number of rotatable bonds is 1. The Morgan fingerprint density at radius 1 is 1.13 bits per heavy atom. The molecule has 2 aromatic heterocycles. The Morgan fingerprint density at radius 3 is 2.73 bits per heavy atom. The Bertz CT molecular complexity index is 533. The van der Waals surface area contributed by atoms with Crippen LogP contribution in [-0.4, -0.2) is 15.0 Å². The lowest BCUT2D eigenvalue weighted by molar-refractivity contribution is 1.16. The van der Waals surface area contributed by atoms with Crippen molar-refractivity contribution in [3.8, 4) is 17.5 Å². The number of aromatic nitrogens is 3. The molecule has 0 fully saturated rings. The van der Waals surface area contributed by atoms with Gasteiger partial charge in [-0.05, 0) is 12.1 Å². The van der Waals surface area contributed by atoms with Crippen molar-refractivity contribution < 1.29 is 0 Å². The topological polar surface area (TPSA) is 62.5 Å². The molecule has 0 aromatic carbocycles. The average Bonchev–Trinajstić information content (AvgIpc) is 2.29.